The van der Waals surface area contributed by atoms with Gasteiger partial charge in [-0.15, -0.1) is 0 Å². The Kier molecular flexibility index (Phi) is 8.28. The van der Waals surface area contributed by atoms with Crippen LogP contribution in [-0.4, -0.2) is 36.2 Å². The molecule has 0 amide bonds. The van der Waals surface area contributed by atoms with E-state index in [2.05, 4.69) is 0 Å². The molecule has 0 aromatic heterocycles. The average molecular weight is 330 g/mol. The van der Waals surface area contributed by atoms with Gasteiger partial charge in [0.2, 0.25) is 5.60 Å². The Bertz CT molecular complexity index is 427. The van der Waals surface area contributed by atoms with E-state index in [0.29, 0.717) is 6.61 Å². The largest absolute Gasteiger partial charge is 0.465 e. The Morgan fingerprint density at radius 1 is 1.04 bits per heavy atom. The SMILES string of the molecule is CCCCOC(=O)C(C)(C)CC(C)(OC(C)=O)C(=O)OC(C)C. The molecule has 0 heterocycles. The number of hydrogen-bond acceptors (Lipinski definition) is 6. The molecule has 0 aromatic carbocycles. The second-order valence-electron chi connectivity index (χ2n) is 6.83. The molecule has 0 saturated heterocycles. The van der Waals surface area contributed by atoms with Crippen molar-refractivity contribution < 1.29 is 28.6 Å². The van der Waals surface area contributed by atoms with Crippen molar-refractivity contribution in [2.75, 3.05) is 6.61 Å². The van der Waals surface area contributed by atoms with E-state index in [1.165, 1.54) is 13.8 Å². The molecule has 1 unspecified atom stereocenters. The minimum Gasteiger partial charge on any atom is -0.465 e. The van der Waals surface area contributed by atoms with Gasteiger partial charge >= 0.3 is 17.9 Å². The highest BCUT2D eigenvalue weighted by Crippen LogP contribution is 2.33. The maximum atomic E-state index is 12.3. The van der Waals surface area contributed by atoms with Crippen molar-refractivity contribution in [3.8, 4) is 0 Å². The molecule has 0 saturated carbocycles. The zero-order chi connectivity index (χ0) is 18.3. The minimum atomic E-state index is -1.54. The Labute approximate surface area is 138 Å². The quantitative estimate of drug-likeness (QED) is 0.367. The summed E-state index contributed by atoms with van der Waals surface area (Å²) in [6.07, 6.45) is 1.32. The van der Waals surface area contributed by atoms with Crippen molar-refractivity contribution in [2.24, 2.45) is 5.41 Å². The van der Waals surface area contributed by atoms with E-state index in [4.69, 9.17) is 14.2 Å². The van der Waals surface area contributed by atoms with E-state index in [1.54, 1.807) is 27.7 Å². The van der Waals surface area contributed by atoms with Crippen molar-refractivity contribution in [1.29, 1.82) is 0 Å². The Morgan fingerprint density at radius 2 is 1.61 bits per heavy atom. The van der Waals surface area contributed by atoms with Crippen LogP contribution in [0.1, 0.15) is 67.7 Å². The summed E-state index contributed by atoms with van der Waals surface area (Å²) in [4.78, 5) is 35.9. The van der Waals surface area contributed by atoms with Crippen LogP contribution in [-0.2, 0) is 28.6 Å². The van der Waals surface area contributed by atoms with Gasteiger partial charge in [0.25, 0.3) is 0 Å². The van der Waals surface area contributed by atoms with E-state index in [9.17, 15) is 14.4 Å². The Balaban J connectivity index is 5.15. The summed E-state index contributed by atoms with van der Waals surface area (Å²) in [5.74, 6) is -1.71. The smallest absolute Gasteiger partial charge is 0.350 e. The molecule has 0 spiro atoms. The third kappa shape index (κ3) is 7.48. The van der Waals surface area contributed by atoms with Crippen molar-refractivity contribution in [1.82, 2.24) is 0 Å². The van der Waals surface area contributed by atoms with Crippen molar-refractivity contribution >= 4 is 17.9 Å². The van der Waals surface area contributed by atoms with Crippen LogP contribution in [0.2, 0.25) is 0 Å². The summed E-state index contributed by atoms with van der Waals surface area (Å²) in [6.45, 7) is 11.7. The second kappa shape index (κ2) is 8.89. The molecule has 0 fully saturated rings. The van der Waals surface area contributed by atoms with E-state index in [0.717, 1.165) is 12.8 Å². The molecule has 0 rings (SSSR count). The van der Waals surface area contributed by atoms with Gasteiger partial charge in [-0.05, 0) is 41.0 Å². The number of ether oxygens (including phenoxy) is 3. The molecule has 23 heavy (non-hydrogen) atoms. The van der Waals surface area contributed by atoms with E-state index < -0.39 is 28.9 Å². The van der Waals surface area contributed by atoms with Crippen molar-refractivity contribution in [3.05, 3.63) is 0 Å². The average Bonchev–Trinajstić information content (AvgIpc) is 2.36. The van der Waals surface area contributed by atoms with Crippen LogP contribution in [0.15, 0.2) is 0 Å². The standard InChI is InChI=1S/C17H30O6/c1-8-9-10-21-14(19)16(5,6)11-17(7,23-13(4)18)15(20)22-12(2)3/h12H,8-11H2,1-7H3. The lowest BCUT2D eigenvalue weighted by molar-refractivity contribution is -0.188. The first kappa shape index (κ1) is 21.4. The summed E-state index contributed by atoms with van der Waals surface area (Å²) in [7, 11) is 0. The highest BCUT2D eigenvalue weighted by molar-refractivity contribution is 5.84. The van der Waals surface area contributed by atoms with Crippen molar-refractivity contribution in [2.45, 2.75) is 79.4 Å². The minimum absolute atomic E-state index is 0.0178. The fourth-order valence-corrected chi connectivity index (χ4v) is 2.23. The molecule has 0 aliphatic carbocycles. The van der Waals surface area contributed by atoms with E-state index in [-0.39, 0.29) is 12.5 Å². The van der Waals surface area contributed by atoms with Crippen LogP contribution in [0.3, 0.4) is 0 Å². The number of rotatable bonds is 9. The topological polar surface area (TPSA) is 78.9 Å². The molecule has 0 bridgehead atoms. The van der Waals surface area contributed by atoms with Gasteiger partial charge in [-0.3, -0.25) is 9.59 Å². The lowest BCUT2D eigenvalue weighted by atomic mass is 9.80. The molecule has 6 nitrogen and oxygen atoms in total. The molecule has 0 aliphatic heterocycles. The second-order valence-corrected chi connectivity index (χ2v) is 6.83. The first-order valence-electron chi connectivity index (χ1n) is 8.02. The molecular weight excluding hydrogens is 300 g/mol. The predicted molar refractivity (Wildman–Crippen MR) is 85.7 cm³/mol. The predicted octanol–water partition coefficient (Wildman–Crippen LogP) is 3.02. The fourth-order valence-electron chi connectivity index (χ4n) is 2.23. The lowest BCUT2D eigenvalue weighted by Crippen LogP contribution is -2.47. The van der Waals surface area contributed by atoms with Crippen LogP contribution in [0, 0.1) is 5.41 Å². The summed E-state index contributed by atoms with van der Waals surface area (Å²) in [5, 5.41) is 0. The number of hydrogen-bond donors (Lipinski definition) is 0. The van der Waals surface area contributed by atoms with Crippen LogP contribution in [0.4, 0.5) is 0 Å². The highest BCUT2D eigenvalue weighted by atomic mass is 16.6. The first-order valence-corrected chi connectivity index (χ1v) is 8.02. The summed E-state index contributed by atoms with van der Waals surface area (Å²) >= 11 is 0. The van der Waals surface area contributed by atoms with Crippen molar-refractivity contribution in [3.63, 3.8) is 0 Å². The molecule has 0 aliphatic rings. The van der Waals surface area contributed by atoms with Crippen LogP contribution < -0.4 is 0 Å². The number of carbonyl (C=O) groups excluding carboxylic acids is 3. The lowest BCUT2D eigenvalue weighted by Gasteiger charge is -2.34. The molecular formula is C17H30O6. The van der Waals surface area contributed by atoms with Gasteiger partial charge in [0.15, 0.2) is 0 Å². The summed E-state index contributed by atoms with van der Waals surface area (Å²) in [6, 6.07) is 0. The van der Waals surface area contributed by atoms with E-state index in [1.807, 2.05) is 6.92 Å². The van der Waals surface area contributed by atoms with Gasteiger partial charge in [-0.2, -0.15) is 0 Å². The third-order valence-corrected chi connectivity index (χ3v) is 3.21. The van der Waals surface area contributed by atoms with Gasteiger partial charge in [0.1, 0.15) is 0 Å². The van der Waals surface area contributed by atoms with Gasteiger partial charge < -0.3 is 14.2 Å². The maximum absolute atomic E-state index is 12.3. The van der Waals surface area contributed by atoms with Crippen LogP contribution in [0.25, 0.3) is 0 Å². The summed E-state index contributed by atoms with van der Waals surface area (Å²) < 4.78 is 15.6. The Morgan fingerprint density at radius 3 is 2.04 bits per heavy atom. The highest BCUT2D eigenvalue weighted by Gasteiger charge is 2.47. The zero-order valence-electron chi connectivity index (χ0n) is 15.4. The molecule has 0 aromatic rings. The molecule has 0 N–H and O–H groups in total. The molecule has 134 valence electrons. The number of unbranched alkanes of at least 4 members (excludes halogenated alkanes) is 1. The molecule has 1 atom stereocenters. The van der Waals surface area contributed by atoms with Gasteiger partial charge in [-0.1, -0.05) is 13.3 Å². The molecule has 0 radical (unpaired) electrons. The van der Waals surface area contributed by atoms with E-state index >= 15 is 0 Å². The number of esters is 3. The third-order valence-electron chi connectivity index (χ3n) is 3.21. The maximum Gasteiger partial charge on any atom is 0.350 e. The van der Waals surface area contributed by atoms with Gasteiger partial charge in [0, 0.05) is 13.3 Å². The summed E-state index contributed by atoms with van der Waals surface area (Å²) in [5.41, 5.74) is -2.53. The number of carbonyl (C=O) groups is 3. The zero-order valence-corrected chi connectivity index (χ0v) is 15.4. The normalized spacial score (nSPS) is 14.1. The molecule has 6 heteroatoms. The fraction of sp³-hybridized carbons (Fsp3) is 0.824. The van der Waals surface area contributed by atoms with Gasteiger partial charge in [0.05, 0.1) is 18.1 Å². The Hall–Kier alpha value is -1.59. The first-order chi connectivity index (χ1) is 10.4. The van der Waals surface area contributed by atoms with Crippen LogP contribution in [0.5, 0.6) is 0 Å². The monoisotopic (exact) mass is 330 g/mol. The van der Waals surface area contributed by atoms with Crippen LogP contribution >= 0.6 is 0 Å². The van der Waals surface area contributed by atoms with Gasteiger partial charge in [-0.25, -0.2) is 4.79 Å².